The van der Waals surface area contributed by atoms with Crippen molar-refractivity contribution in [2.45, 2.75) is 90.6 Å². The molecule has 1 aliphatic rings. The van der Waals surface area contributed by atoms with Crippen LogP contribution in [0.25, 0.3) is 0 Å². The molecule has 1 fully saturated rings. The Balaban J connectivity index is 2.17. The fourth-order valence-electron chi connectivity index (χ4n) is 5.08. The van der Waals surface area contributed by atoms with E-state index in [0.29, 0.717) is 25.4 Å². The predicted molar refractivity (Wildman–Crippen MR) is 169 cm³/mol. The smallest absolute Gasteiger partial charge is 0.410 e. The monoisotopic (exact) mass is 597 g/mol. The van der Waals surface area contributed by atoms with Crippen molar-refractivity contribution in [2.24, 2.45) is 11.8 Å². The summed E-state index contributed by atoms with van der Waals surface area (Å²) in [7, 11) is 0. The first kappa shape index (κ1) is 36.1. The molecule has 0 radical (unpaired) electrons. The highest BCUT2D eigenvalue weighted by atomic mass is 16.6. The van der Waals surface area contributed by atoms with Crippen LogP contribution in [0.2, 0.25) is 0 Å². The normalized spacial score (nSPS) is 20.0. The molecule has 1 saturated heterocycles. The number of rotatable bonds is 16. The molecule has 1 aromatic rings. The van der Waals surface area contributed by atoms with Gasteiger partial charge in [-0.2, -0.15) is 0 Å². The summed E-state index contributed by atoms with van der Waals surface area (Å²) in [5.74, 6) is -0.554. The van der Waals surface area contributed by atoms with Gasteiger partial charge < -0.3 is 29.4 Å². The lowest BCUT2D eigenvalue weighted by molar-refractivity contribution is -0.111. The summed E-state index contributed by atoms with van der Waals surface area (Å²) < 4.78 is 5.86. The van der Waals surface area contributed by atoms with Crippen LogP contribution in [-0.2, 0) is 14.3 Å². The van der Waals surface area contributed by atoms with Gasteiger partial charge in [0.05, 0.1) is 6.10 Å². The van der Waals surface area contributed by atoms with Gasteiger partial charge in [0.2, 0.25) is 0 Å². The molecule has 2 heterocycles. The molecule has 9 heteroatoms. The van der Waals surface area contributed by atoms with Crippen molar-refractivity contribution in [1.82, 2.24) is 14.8 Å². The SMILES string of the molecule is C/C(=C\C=C\[C@@H](C)c1ccccn1)[C@H](C=O)[C@H](C)/C=C/[C@H](OC(=O)N1CCN(C(C)C)CC1)[C@](C)(O)CC[C@H](O)CC=O. The van der Waals surface area contributed by atoms with Gasteiger partial charge in [-0.05, 0) is 64.7 Å². The van der Waals surface area contributed by atoms with Gasteiger partial charge in [-0.1, -0.05) is 49.8 Å². The molecule has 0 aliphatic carbocycles. The molecule has 2 N–H and O–H groups in total. The Morgan fingerprint density at radius 3 is 2.37 bits per heavy atom. The lowest BCUT2D eigenvalue weighted by atomic mass is 9.86. The average molecular weight is 598 g/mol. The molecule has 1 aliphatic heterocycles. The topological polar surface area (TPSA) is 120 Å². The molecule has 0 spiro atoms. The standard InChI is InChI=1S/C34H51N3O6/c1-25(2)36-19-21-37(22-20-36)33(41)43-32(34(6,42)17-15-29(40)16-23-38)14-13-27(4)30(24-39)26(3)10-9-11-28(5)31-12-7-8-18-35-31/h7-14,18,23-25,27-30,32,40,42H,15-17,19-22H2,1-6H3/b11-9+,14-13+,26-10+/t27-,28-,29+,30+,32+,34-/m1/s1. The summed E-state index contributed by atoms with van der Waals surface area (Å²) in [6.07, 6.45) is 10.4. The van der Waals surface area contributed by atoms with Crippen LogP contribution in [-0.4, -0.2) is 93.7 Å². The molecule has 1 amide bonds. The molecule has 0 bridgehead atoms. The van der Waals surface area contributed by atoms with Crippen LogP contribution < -0.4 is 0 Å². The third kappa shape index (κ3) is 11.8. The van der Waals surface area contributed by atoms with Gasteiger partial charge >= 0.3 is 6.09 Å². The van der Waals surface area contributed by atoms with E-state index in [2.05, 4.69) is 30.7 Å². The first-order valence-electron chi connectivity index (χ1n) is 15.3. The molecule has 1 aromatic heterocycles. The first-order chi connectivity index (χ1) is 20.4. The van der Waals surface area contributed by atoms with Gasteiger partial charge in [-0.3, -0.25) is 9.88 Å². The number of piperazine rings is 1. The summed E-state index contributed by atoms with van der Waals surface area (Å²) in [4.78, 5) is 44.4. The zero-order valence-electron chi connectivity index (χ0n) is 26.6. The molecule has 238 valence electrons. The third-order valence-corrected chi connectivity index (χ3v) is 8.24. The minimum absolute atomic E-state index is 0.0325. The Hall–Kier alpha value is -3.14. The van der Waals surface area contributed by atoms with Gasteiger partial charge in [-0.25, -0.2) is 4.79 Å². The highest BCUT2D eigenvalue weighted by molar-refractivity contribution is 5.68. The second-order valence-electron chi connectivity index (χ2n) is 12.1. The molecular formula is C34H51N3O6. The van der Waals surface area contributed by atoms with Crippen molar-refractivity contribution in [3.63, 3.8) is 0 Å². The number of amides is 1. The van der Waals surface area contributed by atoms with E-state index in [-0.39, 0.29) is 31.1 Å². The lowest BCUT2D eigenvalue weighted by Crippen LogP contribution is -2.52. The number of hydrogen-bond acceptors (Lipinski definition) is 8. The maximum atomic E-state index is 13.2. The minimum atomic E-state index is -1.51. The van der Waals surface area contributed by atoms with Crippen molar-refractivity contribution >= 4 is 18.7 Å². The Bertz CT molecular complexity index is 1090. The number of pyridine rings is 1. The maximum Gasteiger partial charge on any atom is 0.410 e. The van der Waals surface area contributed by atoms with Crippen molar-refractivity contribution < 1.29 is 29.3 Å². The number of aliphatic hydroxyl groups is 2. The van der Waals surface area contributed by atoms with Gasteiger partial charge in [-0.15, -0.1) is 0 Å². The number of nitrogens with zero attached hydrogens (tertiary/aromatic N) is 3. The molecule has 6 atom stereocenters. The van der Waals surface area contributed by atoms with Crippen LogP contribution in [0.15, 0.2) is 60.3 Å². The summed E-state index contributed by atoms with van der Waals surface area (Å²) >= 11 is 0. The number of hydrogen-bond donors (Lipinski definition) is 2. The van der Waals surface area contributed by atoms with Gasteiger partial charge in [0, 0.05) is 62.4 Å². The minimum Gasteiger partial charge on any atom is -0.439 e. The molecule has 0 aromatic carbocycles. The summed E-state index contributed by atoms with van der Waals surface area (Å²) in [5.41, 5.74) is 0.319. The Morgan fingerprint density at radius 2 is 1.79 bits per heavy atom. The first-order valence-corrected chi connectivity index (χ1v) is 15.3. The second kappa shape index (κ2) is 17.9. The third-order valence-electron chi connectivity index (χ3n) is 8.24. The van der Waals surface area contributed by atoms with Gasteiger partial charge in [0.25, 0.3) is 0 Å². The van der Waals surface area contributed by atoms with E-state index in [9.17, 15) is 24.6 Å². The highest BCUT2D eigenvalue weighted by Crippen LogP contribution is 2.26. The van der Waals surface area contributed by atoms with Crippen LogP contribution in [0.3, 0.4) is 0 Å². The molecule has 2 rings (SSSR count). The zero-order chi connectivity index (χ0) is 32.0. The van der Waals surface area contributed by atoms with E-state index in [1.54, 1.807) is 30.2 Å². The largest absolute Gasteiger partial charge is 0.439 e. The van der Waals surface area contributed by atoms with E-state index in [0.717, 1.165) is 30.6 Å². The summed E-state index contributed by atoms with van der Waals surface area (Å²) in [6, 6.07) is 6.19. The molecule has 43 heavy (non-hydrogen) atoms. The van der Waals surface area contributed by atoms with Crippen molar-refractivity contribution in [1.29, 1.82) is 0 Å². The Labute approximate surface area is 257 Å². The molecular weight excluding hydrogens is 546 g/mol. The van der Waals surface area contributed by atoms with E-state index in [4.69, 9.17) is 4.74 Å². The number of allylic oxidation sites excluding steroid dienone is 5. The number of aliphatic hydroxyl groups excluding tert-OH is 1. The van der Waals surface area contributed by atoms with Crippen molar-refractivity contribution in [3.8, 4) is 0 Å². The number of ether oxygens (including phenoxy) is 1. The van der Waals surface area contributed by atoms with Crippen LogP contribution in [0, 0.1) is 11.8 Å². The lowest BCUT2D eigenvalue weighted by Gasteiger charge is -2.38. The quantitative estimate of drug-likeness (QED) is 0.160. The Morgan fingerprint density at radius 1 is 1.09 bits per heavy atom. The van der Waals surface area contributed by atoms with E-state index in [1.165, 1.54) is 0 Å². The highest BCUT2D eigenvalue weighted by Gasteiger charge is 2.36. The summed E-state index contributed by atoms with van der Waals surface area (Å²) in [6.45, 7) is 14.2. The molecule has 0 saturated carbocycles. The van der Waals surface area contributed by atoms with Crippen LogP contribution >= 0.6 is 0 Å². The van der Waals surface area contributed by atoms with Crippen LogP contribution in [0.4, 0.5) is 4.79 Å². The van der Waals surface area contributed by atoms with Gasteiger partial charge in [0.1, 0.15) is 18.2 Å². The number of carbonyl (C=O) groups excluding carboxylic acids is 3. The average Bonchev–Trinajstić information content (AvgIpc) is 2.99. The predicted octanol–water partition coefficient (Wildman–Crippen LogP) is 4.71. The molecule has 0 unspecified atom stereocenters. The maximum absolute atomic E-state index is 13.2. The van der Waals surface area contributed by atoms with E-state index in [1.807, 2.05) is 50.3 Å². The molecule has 9 nitrogen and oxygen atoms in total. The van der Waals surface area contributed by atoms with E-state index >= 15 is 0 Å². The fraction of sp³-hybridized carbons (Fsp3) is 0.588. The summed E-state index contributed by atoms with van der Waals surface area (Å²) in [5, 5.41) is 21.5. The van der Waals surface area contributed by atoms with Crippen molar-refractivity contribution in [3.05, 3.63) is 66.0 Å². The zero-order valence-corrected chi connectivity index (χ0v) is 26.6. The van der Waals surface area contributed by atoms with E-state index < -0.39 is 29.8 Å². The van der Waals surface area contributed by atoms with Crippen LogP contribution in [0.5, 0.6) is 0 Å². The number of carbonyl (C=O) groups is 3. The van der Waals surface area contributed by atoms with Crippen molar-refractivity contribution in [2.75, 3.05) is 26.2 Å². The number of aldehydes is 2. The number of aromatic nitrogens is 1. The van der Waals surface area contributed by atoms with Gasteiger partial charge in [0.15, 0.2) is 6.10 Å². The fourth-order valence-corrected chi connectivity index (χ4v) is 5.08. The second-order valence-corrected chi connectivity index (χ2v) is 12.1. The van der Waals surface area contributed by atoms with Crippen LogP contribution in [0.1, 0.15) is 72.4 Å². The Kier molecular flexibility index (Phi) is 15.0.